The molecule has 4 N–H and O–H groups in total. The van der Waals surface area contributed by atoms with Crippen LogP contribution in [0, 0.1) is 0 Å². The van der Waals surface area contributed by atoms with Crippen LogP contribution in [0.2, 0.25) is 0 Å². The van der Waals surface area contributed by atoms with Gasteiger partial charge < -0.3 is 10.6 Å². The number of carbonyl (C=O) groups excluding carboxylic acids is 1. The van der Waals surface area contributed by atoms with E-state index in [1.54, 1.807) is 24.3 Å². The van der Waals surface area contributed by atoms with Crippen molar-refractivity contribution in [2.75, 3.05) is 22.6 Å². The van der Waals surface area contributed by atoms with Crippen LogP contribution in [0.3, 0.4) is 0 Å². The summed E-state index contributed by atoms with van der Waals surface area (Å²) in [4.78, 5) is 22.9. The van der Waals surface area contributed by atoms with Crippen LogP contribution in [0.5, 0.6) is 0 Å². The van der Waals surface area contributed by atoms with Crippen molar-refractivity contribution < 1.29 is 4.79 Å². The Hall–Kier alpha value is -3.61. The summed E-state index contributed by atoms with van der Waals surface area (Å²) in [5.74, 6) is 0.736. The molecule has 4 rings (SSSR count). The lowest BCUT2D eigenvalue weighted by Crippen LogP contribution is -2.31. The van der Waals surface area contributed by atoms with Gasteiger partial charge in [0.25, 0.3) is 5.91 Å². The predicted molar refractivity (Wildman–Crippen MR) is 106 cm³/mol. The first-order valence-corrected chi connectivity index (χ1v) is 8.81. The summed E-state index contributed by atoms with van der Waals surface area (Å²) in [7, 11) is 0. The average molecular weight is 360 g/mol. The molecule has 1 amide bonds. The fraction of sp³-hybridized carbons (Fsp3) is 0.150. The van der Waals surface area contributed by atoms with Gasteiger partial charge in [-0.15, -0.1) is 0 Å². The molecule has 0 saturated heterocycles. The Morgan fingerprint density at radius 2 is 1.81 bits per heavy atom. The van der Waals surface area contributed by atoms with Crippen LogP contribution in [0.15, 0.2) is 60.9 Å². The monoisotopic (exact) mass is 360 g/mol. The number of carbonyl (C=O) groups is 1. The highest BCUT2D eigenvalue weighted by Gasteiger charge is 2.22. The Morgan fingerprint density at radius 3 is 2.67 bits per heavy atom. The number of fused-ring (bicyclic) bond motifs is 1. The second-order valence-corrected chi connectivity index (χ2v) is 6.29. The van der Waals surface area contributed by atoms with Crippen molar-refractivity contribution in [2.45, 2.75) is 12.8 Å². The van der Waals surface area contributed by atoms with Crippen LogP contribution in [-0.4, -0.2) is 22.4 Å². The van der Waals surface area contributed by atoms with Gasteiger partial charge in [-0.05, 0) is 36.6 Å². The Bertz CT molecular complexity index is 960. The maximum Gasteiger partial charge on any atom is 0.269 e. The van der Waals surface area contributed by atoms with E-state index >= 15 is 0 Å². The molecular formula is C20H20N6O. The third-order valence-electron chi connectivity index (χ3n) is 4.56. The van der Waals surface area contributed by atoms with Crippen molar-refractivity contribution in [3.8, 4) is 0 Å². The molecule has 0 radical (unpaired) electrons. The van der Waals surface area contributed by atoms with Gasteiger partial charge >= 0.3 is 0 Å². The maximum absolute atomic E-state index is 12.2. The fourth-order valence-corrected chi connectivity index (χ4v) is 3.23. The molecule has 1 aromatic heterocycles. The van der Waals surface area contributed by atoms with Gasteiger partial charge in [0, 0.05) is 17.8 Å². The van der Waals surface area contributed by atoms with E-state index in [9.17, 15) is 4.79 Å². The van der Waals surface area contributed by atoms with E-state index in [0.29, 0.717) is 22.9 Å². The number of amides is 1. The number of nitrogens with zero attached hydrogens (tertiary/aromatic N) is 3. The number of hydrogen-bond donors (Lipinski definition) is 3. The fourth-order valence-electron chi connectivity index (χ4n) is 3.23. The number of aromatic nitrogens is 2. The van der Waals surface area contributed by atoms with E-state index in [1.807, 2.05) is 18.2 Å². The average Bonchev–Trinajstić information content (AvgIpc) is 2.73. The molecule has 2 heterocycles. The molecule has 0 fully saturated rings. The second kappa shape index (κ2) is 7.33. The summed E-state index contributed by atoms with van der Waals surface area (Å²) in [5, 5.41) is 0. The van der Waals surface area contributed by atoms with Crippen LogP contribution in [0.4, 0.5) is 23.0 Å². The number of anilines is 4. The molecule has 0 unspecified atom stereocenters. The minimum Gasteiger partial charge on any atom is -0.393 e. The minimum absolute atomic E-state index is 0.265. The van der Waals surface area contributed by atoms with Crippen molar-refractivity contribution in [3.05, 3.63) is 72.1 Å². The molecule has 1 aliphatic rings. The van der Waals surface area contributed by atoms with Crippen molar-refractivity contribution in [2.24, 2.45) is 0 Å². The van der Waals surface area contributed by atoms with E-state index < -0.39 is 0 Å². The topological polar surface area (TPSA) is 96.2 Å². The predicted octanol–water partition coefficient (Wildman–Crippen LogP) is 2.90. The Labute approximate surface area is 157 Å². The van der Waals surface area contributed by atoms with Crippen LogP contribution in [-0.2, 0) is 6.42 Å². The van der Waals surface area contributed by atoms with Gasteiger partial charge in [-0.1, -0.05) is 36.4 Å². The molecule has 3 aromatic rings. The zero-order chi connectivity index (χ0) is 18.6. The SMILES string of the molecule is Nc1c(NNC(=O)c2ccccc2)ncnc1N1CCCc2ccccc21. The molecule has 27 heavy (non-hydrogen) atoms. The standard InChI is InChI=1S/C20H20N6O/c21-17-18(24-25-20(27)15-8-2-1-3-9-15)22-13-23-19(17)26-12-6-10-14-7-4-5-11-16(14)26/h1-5,7-9,11,13H,6,10,12,21H2,(H,25,27)(H,22,23,24). The van der Waals surface area contributed by atoms with E-state index in [4.69, 9.17) is 5.73 Å². The number of rotatable bonds is 4. The smallest absolute Gasteiger partial charge is 0.269 e. The van der Waals surface area contributed by atoms with Gasteiger partial charge in [-0.3, -0.25) is 15.6 Å². The summed E-state index contributed by atoms with van der Waals surface area (Å²) >= 11 is 0. The summed E-state index contributed by atoms with van der Waals surface area (Å²) in [6, 6.07) is 17.2. The molecule has 7 heteroatoms. The number of nitrogen functional groups attached to an aromatic ring is 1. The third kappa shape index (κ3) is 3.39. The minimum atomic E-state index is -0.265. The lowest BCUT2D eigenvalue weighted by molar-refractivity contribution is 0.0962. The maximum atomic E-state index is 12.2. The van der Waals surface area contributed by atoms with Crippen LogP contribution < -0.4 is 21.5 Å². The number of para-hydroxylation sites is 1. The molecule has 136 valence electrons. The van der Waals surface area contributed by atoms with Gasteiger partial charge in [0.05, 0.1) is 0 Å². The lowest BCUT2D eigenvalue weighted by Gasteiger charge is -2.31. The van der Waals surface area contributed by atoms with Crippen molar-refractivity contribution >= 4 is 28.9 Å². The zero-order valence-corrected chi connectivity index (χ0v) is 14.7. The summed E-state index contributed by atoms with van der Waals surface area (Å²) < 4.78 is 0. The van der Waals surface area contributed by atoms with E-state index in [2.05, 4.69) is 37.9 Å². The number of aryl methyl sites for hydroxylation is 1. The van der Waals surface area contributed by atoms with Gasteiger partial charge in [0.15, 0.2) is 11.6 Å². The molecular weight excluding hydrogens is 340 g/mol. The van der Waals surface area contributed by atoms with Gasteiger partial charge in [0.2, 0.25) is 0 Å². The molecule has 0 spiro atoms. The molecule has 0 atom stereocenters. The third-order valence-corrected chi connectivity index (χ3v) is 4.56. The Balaban J connectivity index is 1.56. The quantitative estimate of drug-likeness (QED) is 0.619. The molecule has 0 saturated carbocycles. The number of benzene rings is 2. The first kappa shape index (κ1) is 16.8. The number of nitrogens with one attached hydrogen (secondary N) is 2. The van der Waals surface area contributed by atoms with Crippen LogP contribution >= 0.6 is 0 Å². The zero-order valence-electron chi connectivity index (χ0n) is 14.7. The number of hydrazine groups is 1. The first-order valence-electron chi connectivity index (χ1n) is 8.81. The van der Waals surface area contributed by atoms with Gasteiger partial charge in [-0.25, -0.2) is 9.97 Å². The normalized spacial score (nSPS) is 13.0. The molecule has 7 nitrogen and oxygen atoms in total. The van der Waals surface area contributed by atoms with Crippen LogP contribution in [0.25, 0.3) is 0 Å². The van der Waals surface area contributed by atoms with Crippen molar-refractivity contribution in [1.82, 2.24) is 15.4 Å². The van der Waals surface area contributed by atoms with E-state index in [1.165, 1.54) is 11.9 Å². The van der Waals surface area contributed by atoms with Crippen LogP contribution in [0.1, 0.15) is 22.3 Å². The van der Waals surface area contributed by atoms with Gasteiger partial charge in [-0.2, -0.15) is 0 Å². The Morgan fingerprint density at radius 1 is 1.04 bits per heavy atom. The highest BCUT2D eigenvalue weighted by atomic mass is 16.2. The highest BCUT2D eigenvalue weighted by Crippen LogP contribution is 2.36. The van der Waals surface area contributed by atoms with E-state index in [-0.39, 0.29) is 5.91 Å². The van der Waals surface area contributed by atoms with Gasteiger partial charge in [0.1, 0.15) is 12.0 Å². The molecule has 2 aromatic carbocycles. The second-order valence-electron chi connectivity index (χ2n) is 6.29. The molecule has 0 aliphatic carbocycles. The highest BCUT2D eigenvalue weighted by molar-refractivity contribution is 5.95. The number of nitrogens with two attached hydrogens (primary N) is 1. The van der Waals surface area contributed by atoms with Crippen molar-refractivity contribution in [3.63, 3.8) is 0 Å². The Kier molecular flexibility index (Phi) is 4.57. The number of hydrogen-bond acceptors (Lipinski definition) is 6. The lowest BCUT2D eigenvalue weighted by atomic mass is 10.0. The first-order chi connectivity index (χ1) is 13.2. The summed E-state index contributed by atoms with van der Waals surface area (Å²) in [6.45, 7) is 0.827. The molecule has 0 bridgehead atoms. The summed E-state index contributed by atoms with van der Waals surface area (Å²) in [5.41, 5.74) is 15.1. The van der Waals surface area contributed by atoms with Crippen molar-refractivity contribution in [1.29, 1.82) is 0 Å². The largest absolute Gasteiger partial charge is 0.393 e. The van der Waals surface area contributed by atoms with E-state index in [0.717, 1.165) is 25.1 Å². The molecule has 1 aliphatic heterocycles. The summed E-state index contributed by atoms with van der Waals surface area (Å²) in [6.07, 6.45) is 3.50.